The van der Waals surface area contributed by atoms with Gasteiger partial charge in [0.2, 0.25) is 16.9 Å². The highest BCUT2D eigenvalue weighted by Gasteiger charge is 2.41. The van der Waals surface area contributed by atoms with E-state index in [2.05, 4.69) is 29.4 Å². The van der Waals surface area contributed by atoms with Crippen LogP contribution in [-0.4, -0.2) is 69.6 Å². The van der Waals surface area contributed by atoms with Crippen LogP contribution in [0.15, 0.2) is 54.0 Å². The minimum atomic E-state index is -0.792. The summed E-state index contributed by atoms with van der Waals surface area (Å²) in [5, 5.41) is 12.9. The molecule has 0 aliphatic carbocycles. The molecule has 1 aromatic heterocycles. The lowest BCUT2D eigenvalue weighted by Gasteiger charge is -2.48. The van der Waals surface area contributed by atoms with E-state index in [9.17, 15) is 9.59 Å². The maximum Gasteiger partial charge on any atom is 0.244 e. The summed E-state index contributed by atoms with van der Waals surface area (Å²) in [6.45, 7) is 5.67. The summed E-state index contributed by atoms with van der Waals surface area (Å²) in [7, 11) is 0. The van der Waals surface area contributed by atoms with E-state index in [1.165, 1.54) is 11.3 Å². The van der Waals surface area contributed by atoms with Crippen LogP contribution in [0, 0.1) is 5.92 Å². The van der Waals surface area contributed by atoms with Gasteiger partial charge in [0, 0.05) is 41.8 Å². The lowest BCUT2D eigenvalue weighted by atomic mass is 9.93. The summed E-state index contributed by atoms with van der Waals surface area (Å²) >= 11 is 13.9. The third-order valence-corrected chi connectivity index (χ3v) is 8.79. The third-order valence-electron chi connectivity index (χ3n) is 7.55. The molecule has 226 valence electrons. The number of halogens is 2. The predicted molar refractivity (Wildman–Crippen MR) is 170 cm³/mol. The first-order valence-corrected chi connectivity index (χ1v) is 15.9. The van der Waals surface area contributed by atoms with Gasteiger partial charge in [-0.05, 0) is 54.9 Å². The Morgan fingerprint density at radius 3 is 2.43 bits per heavy atom. The molecule has 2 heterocycles. The zero-order chi connectivity index (χ0) is 30.2. The first kappa shape index (κ1) is 32.2. The van der Waals surface area contributed by atoms with Crippen LogP contribution in [0.1, 0.15) is 50.3 Å². The smallest absolute Gasteiger partial charge is 0.244 e. The molecule has 5 N–H and O–H groups in total. The van der Waals surface area contributed by atoms with Crippen molar-refractivity contribution in [3.8, 4) is 0 Å². The van der Waals surface area contributed by atoms with Crippen LogP contribution in [-0.2, 0) is 16.0 Å². The SMILES string of the molecule is CC(C)C[C@@H]1CN(C(=O)C(N)Cc2ccc(Cl)cc2Cl)[C@@H](CCCNc2nncs2)CN1C(=O)C(N)c1ccccc1. The second-order valence-electron chi connectivity index (χ2n) is 11.2. The largest absolute Gasteiger partial charge is 0.360 e. The molecule has 0 spiro atoms. The molecule has 3 aromatic rings. The summed E-state index contributed by atoms with van der Waals surface area (Å²) < 4.78 is 0. The number of nitrogens with zero attached hydrogens (tertiary/aromatic N) is 4. The maximum atomic E-state index is 13.9. The third kappa shape index (κ3) is 8.41. The quantitative estimate of drug-likeness (QED) is 0.246. The lowest BCUT2D eigenvalue weighted by Crippen LogP contribution is -2.64. The van der Waals surface area contributed by atoms with Crippen LogP contribution in [0.2, 0.25) is 10.0 Å². The van der Waals surface area contributed by atoms with Crippen molar-refractivity contribution in [2.75, 3.05) is 25.0 Å². The molecule has 4 atom stereocenters. The van der Waals surface area contributed by atoms with E-state index in [4.69, 9.17) is 34.7 Å². The van der Waals surface area contributed by atoms with Crippen molar-refractivity contribution in [1.29, 1.82) is 0 Å². The molecule has 42 heavy (non-hydrogen) atoms. The zero-order valence-electron chi connectivity index (χ0n) is 24.0. The molecule has 2 amide bonds. The van der Waals surface area contributed by atoms with E-state index < -0.39 is 12.1 Å². The minimum absolute atomic E-state index is 0.131. The highest BCUT2D eigenvalue weighted by atomic mass is 35.5. The topological polar surface area (TPSA) is 130 Å². The fourth-order valence-electron chi connectivity index (χ4n) is 5.47. The number of hydrogen-bond donors (Lipinski definition) is 3. The average molecular weight is 633 g/mol. The molecule has 0 radical (unpaired) electrons. The molecule has 4 rings (SSSR count). The minimum Gasteiger partial charge on any atom is -0.360 e. The molecule has 1 aliphatic heterocycles. The Morgan fingerprint density at radius 2 is 1.76 bits per heavy atom. The van der Waals surface area contributed by atoms with E-state index >= 15 is 0 Å². The molecule has 0 saturated carbocycles. The molecule has 12 heteroatoms. The van der Waals surface area contributed by atoms with Crippen LogP contribution < -0.4 is 16.8 Å². The molecule has 0 bridgehead atoms. The van der Waals surface area contributed by atoms with Gasteiger partial charge in [0.15, 0.2) is 0 Å². The second kappa shape index (κ2) is 15.1. The Bertz CT molecular complexity index is 1310. The van der Waals surface area contributed by atoms with Crippen molar-refractivity contribution in [2.24, 2.45) is 17.4 Å². The van der Waals surface area contributed by atoms with Crippen LogP contribution in [0.3, 0.4) is 0 Å². The Hall–Kier alpha value is -2.76. The van der Waals surface area contributed by atoms with Gasteiger partial charge >= 0.3 is 0 Å². The van der Waals surface area contributed by atoms with Crippen molar-refractivity contribution in [3.63, 3.8) is 0 Å². The monoisotopic (exact) mass is 631 g/mol. The van der Waals surface area contributed by atoms with Gasteiger partial charge in [0.05, 0.1) is 6.04 Å². The van der Waals surface area contributed by atoms with Crippen LogP contribution in [0.25, 0.3) is 0 Å². The van der Waals surface area contributed by atoms with Crippen molar-refractivity contribution in [2.45, 2.75) is 63.7 Å². The Kier molecular flexibility index (Phi) is 11.6. The van der Waals surface area contributed by atoms with Gasteiger partial charge in [-0.15, -0.1) is 10.2 Å². The summed E-state index contributed by atoms with van der Waals surface area (Å²) in [4.78, 5) is 31.6. The summed E-state index contributed by atoms with van der Waals surface area (Å²) in [6.07, 6.45) is 2.45. The number of benzene rings is 2. The Balaban J connectivity index is 1.55. The van der Waals surface area contributed by atoms with Crippen LogP contribution in [0.5, 0.6) is 0 Å². The fraction of sp³-hybridized carbons (Fsp3) is 0.467. The fourth-order valence-corrected chi connectivity index (χ4v) is 6.43. The summed E-state index contributed by atoms with van der Waals surface area (Å²) in [5.41, 5.74) is 16.2. The number of piperazine rings is 1. The molecule has 9 nitrogen and oxygen atoms in total. The maximum absolute atomic E-state index is 13.9. The second-order valence-corrected chi connectivity index (χ2v) is 12.8. The Labute approximate surface area is 261 Å². The van der Waals surface area contributed by atoms with Gasteiger partial charge in [-0.25, -0.2) is 0 Å². The van der Waals surface area contributed by atoms with Gasteiger partial charge in [-0.2, -0.15) is 0 Å². The van der Waals surface area contributed by atoms with Crippen LogP contribution in [0.4, 0.5) is 5.13 Å². The first-order chi connectivity index (χ1) is 20.1. The van der Waals surface area contributed by atoms with Crippen molar-refractivity contribution >= 4 is 51.5 Å². The van der Waals surface area contributed by atoms with Gasteiger partial charge in [0.1, 0.15) is 11.6 Å². The number of amides is 2. The first-order valence-electron chi connectivity index (χ1n) is 14.2. The van der Waals surface area contributed by atoms with Crippen molar-refractivity contribution in [3.05, 3.63) is 75.2 Å². The number of hydrogen-bond acceptors (Lipinski definition) is 8. The van der Waals surface area contributed by atoms with Gasteiger partial charge in [-0.3, -0.25) is 9.59 Å². The Morgan fingerprint density at radius 1 is 1.05 bits per heavy atom. The summed E-state index contributed by atoms with van der Waals surface area (Å²) in [6, 6.07) is 12.6. The normalized spacial score (nSPS) is 18.6. The predicted octanol–water partition coefficient (Wildman–Crippen LogP) is 4.76. The van der Waals surface area contributed by atoms with E-state index in [0.717, 1.165) is 29.1 Å². The van der Waals surface area contributed by atoms with Gasteiger partial charge in [0.25, 0.3) is 0 Å². The van der Waals surface area contributed by atoms with E-state index in [1.807, 2.05) is 40.1 Å². The standard InChI is InChI=1S/C30H39Cl2N7O2S/c1-19(2)13-24-17-38(28(40)26(33)14-21-10-11-22(31)15-25(21)32)23(9-6-12-35-30-37-36-18-42-30)16-39(24)29(41)27(34)20-7-4-3-5-8-20/h3-5,7-8,10-11,15,18-19,23-24,26-27H,6,9,12-14,16-17,33-34H2,1-2H3,(H,35,37)/t23-,24+,26?,27?/m0/s1. The van der Waals surface area contributed by atoms with E-state index in [-0.39, 0.29) is 30.3 Å². The molecule has 1 saturated heterocycles. The lowest BCUT2D eigenvalue weighted by molar-refractivity contribution is -0.149. The average Bonchev–Trinajstić information content (AvgIpc) is 3.49. The van der Waals surface area contributed by atoms with Crippen molar-refractivity contribution in [1.82, 2.24) is 20.0 Å². The highest BCUT2D eigenvalue weighted by molar-refractivity contribution is 7.13. The molecular formula is C30H39Cl2N7O2S. The number of carbonyl (C=O) groups excluding carboxylic acids is 2. The number of aromatic nitrogens is 2. The molecule has 1 fully saturated rings. The number of nitrogens with one attached hydrogen (secondary N) is 1. The number of anilines is 1. The summed E-state index contributed by atoms with van der Waals surface area (Å²) in [5.74, 6) is 0.0221. The number of carbonyl (C=O) groups is 2. The van der Waals surface area contributed by atoms with Gasteiger partial charge in [-0.1, -0.05) is 84.8 Å². The number of nitrogens with two attached hydrogens (primary N) is 2. The molecule has 2 unspecified atom stereocenters. The van der Waals surface area contributed by atoms with E-state index in [0.29, 0.717) is 42.0 Å². The highest BCUT2D eigenvalue weighted by Crippen LogP contribution is 2.28. The number of rotatable bonds is 12. The van der Waals surface area contributed by atoms with Crippen molar-refractivity contribution < 1.29 is 9.59 Å². The molecule has 1 aliphatic rings. The molecular weight excluding hydrogens is 593 g/mol. The van der Waals surface area contributed by atoms with E-state index in [1.54, 1.807) is 23.7 Å². The van der Waals surface area contributed by atoms with Crippen LogP contribution >= 0.6 is 34.5 Å². The molecule has 2 aromatic carbocycles. The zero-order valence-corrected chi connectivity index (χ0v) is 26.3. The van der Waals surface area contributed by atoms with Gasteiger partial charge < -0.3 is 26.6 Å².